The van der Waals surface area contributed by atoms with Crippen molar-refractivity contribution in [3.8, 4) is 5.75 Å². The molecular weight excluding hydrogens is 442 g/mol. The van der Waals surface area contributed by atoms with Crippen LogP contribution in [0.1, 0.15) is 49.9 Å². The summed E-state index contributed by atoms with van der Waals surface area (Å²) in [6.45, 7) is 6.67. The number of fused-ring (bicyclic) bond motifs is 1. The molecule has 0 unspecified atom stereocenters. The summed E-state index contributed by atoms with van der Waals surface area (Å²) in [4.78, 5) is 9.52. The summed E-state index contributed by atoms with van der Waals surface area (Å²) in [6, 6.07) is 15.7. The van der Waals surface area contributed by atoms with Crippen LogP contribution in [0.15, 0.2) is 53.7 Å². The van der Waals surface area contributed by atoms with Gasteiger partial charge < -0.3 is 9.30 Å². The summed E-state index contributed by atoms with van der Waals surface area (Å²) in [6.07, 6.45) is 1.96. The molecule has 4 aromatic rings. The van der Waals surface area contributed by atoms with Crippen molar-refractivity contribution < 1.29 is 4.74 Å². The highest BCUT2D eigenvalue weighted by molar-refractivity contribution is 7.98. The van der Waals surface area contributed by atoms with E-state index >= 15 is 0 Å². The predicted octanol–water partition coefficient (Wildman–Crippen LogP) is 6.42. The average molecular weight is 468 g/mol. The third-order valence-electron chi connectivity index (χ3n) is 5.42. The van der Waals surface area contributed by atoms with E-state index < -0.39 is 0 Å². The first-order valence-electron chi connectivity index (χ1n) is 10.8. The smallest absolute Gasteiger partial charge is 0.191 e. The molecule has 0 N–H and O–H groups in total. The maximum absolute atomic E-state index is 6.24. The Kier molecular flexibility index (Phi) is 7.27. The van der Waals surface area contributed by atoms with Crippen molar-refractivity contribution in [1.82, 2.24) is 24.7 Å². The Morgan fingerprint density at radius 3 is 2.38 bits per heavy atom. The van der Waals surface area contributed by atoms with Crippen molar-refractivity contribution in [3.05, 3.63) is 70.8 Å². The van der Waals surface area contributed by atoms with Gasteiger partial charge in [-0.15, -0.1) is 10.2 Å². The first-order valence-corrected chi connectivity index (χ1v) is 12.1. The van der Waals surface area contributed by atoms with E-state index in [1.54, 1.807) is 11.8 Å². The Balaban J connectivity index is 1.57. The second-order valence-corrected chi connectivity index (χ2v) is 8.84. The largest absolute Gasteiger partial charge is 0.484 e. The number of halogens is 1. The zero-order valence-electron chi connectivity index (χ0n) is 18.5. The molecule has 2 aromatic heterocycles. The van der Waals surface area contributed by atoms with Gasteiger partial charge in [-0.3, -0.25) is 0 Å². The van der Waals surface area contributed by atoms with Crippen molar-refractivity contribution in [2.24, 2.45) is 0 Å². The number of aromatic nitrogens is 5. The summed E-state index contributed by atoms with van der Waals surface area (Å²) in [5.74, 6) is 2.11. The third kappa shape index (κ3) is 4.89. The Morgan fingerprint density at radius 2 is 1.66 bits per heavy atom. The molecule has 0 aliphatic rings. The molecule has 166 valence electrons. The van der Waals surface area contributed by atoms with E-state index in [9.17, 15) is 0 Å². The van der Waals surface area contributed by atoms with Crippen LogP contribution < -0.4 is 4.74 Å². The molecule has 4 rings (SSSR count). The molecule has 0 amide bonds. The van der Waals surface area contributed by atoms with Gasteiger partial charge in [0.1, 0.15) is 12.4 Å². The van der Waals surface area contributed by atoms with Crippen LogP contribution in [0.25, 0.3) is 11.0 Å². The summed E-state index contributed by atoms with van der Waals surface area (Å²) < 4.78 is 8.16. The van der Waals surface area contributed by atoms with Gasteiger partial charge in [0.25, 0.3) is 0 Å². The maximum Gasteiger partial charge on any atom is 0.191 e. The number of para-hydroxylation sites is 3. The predicted molar refractivity (Wildman–Crippen MR) is 129 cm³/mol. The Hall–Kier alpha value is -2.64. The number of benzene rings is 2. The number of rotatable bonds is 9. The Morgan fingerprint density at radius 1 is 0.969 bits per heavy atom. The van der Waals surface area contributed by atoms with Crippen molar-refractivity contribution in [1.29, 1.82) is 0 Å². The minimum Gasteiger partial charge on any atom is -0.484 e. The molecule has 2 aromatic carbocycles. The van der Waals surface area contributed by atoms with Gasteiger partial charge in [-0.2, -0.15) is 0 Å². The van der Waals surface area contributed by atoms with Crippen molar-refractivity contribution >= 4 is 34.4 Å². The molecule has 0 aliphatic carbocycles. The fraction of sp³-hybridized carbons (Fsp3) is 0.333. The number of aryl methyl sites for hydroxylation is 1. The summed E-state index contributed by atoms with van der Waals surface area (Å²) in [5, 5.41) is 10.4. The zero-order valence-corrected chi connectivity index (χ0v) is 20.0. The maximum atomic E-state index is 6.24. The molecule has 0 aliphatic heterocycles. The number of hydrogen-bond donors (Lipinski definition) is 0. The lowest BCUT2D eigenvalue weighted by molar-refractivity contribution is 0.278. The molecule has 8 heteroatoms. The number of thioether (sulfide) groups is 1. The second-order valence-electron chi connectivity index (χ2n) is 7.49. The first-order chi connectivity index (χ1) is 15.6. The minimum absolute atomic E-state index is 0.293. The van der Waals surface area contributed by atoms with Crippen LogP contribution in [-0.2, 0) is 12.4 Å². The third-order valence-corrected chi connectivity index (χ3v) is 6.68. The van der Waals surface area contributed by atoms with Gasteiger partial charge >= 0.3 is 0 Å². The minimum atomic E-state index is 0.293. The van der Waals surface area contributed by atoms with E-state index in [2.05, 4.69) is 28.6 Å². The normalized spacial score (nSPS) is 11.4. The van der Waals surface area contributed by atoms with Crippen molar-refractivity contribution in [3.63, 3.8) is 0 Å². The van der Waals surface area contributed by atoms with Crippen molar-refractivity contribution in [2.45, 2.75) is 57.2 Å². The van der Waals surface area contributed by atoms with Gasteiger partial charge in [0.05, 0.1) is 27.4 Å². The van der Waals surface area contributed by atoms with E-state index in [-0.39, 0.29) is 0 Å². The molecule has 0 saturated heterocycles. The number of hydrogen-bond acceptors (Lipinski definition) is 6. The zero-order chi connectivity index (χ0) is 22.5. The highest BCUT2D eigenvalue weighted by Crippen LogP contribution is 2.30. The van der Waals surface area contributed by atoms with Crippen LogP contribution >= 0.6 is 23.4 Å². The fourth-order valence-electron chi connectivity index (χ4n) is 3.62. The summed E-state index contributed by atoms with van der Waals surface area (Å²) in [7, 11) is 0. The van der Waals surface area contributed by atoms with E-state index in [1.165, 1.54) is 0 Å². The molecule has 0 saturated carbocycles. The fourth-order valence-corrected chi connectivity index (χ4v) is 4.84. The van der Waals surface area contributed by atoms with Crippen molar-refractivity contribution in [2.75, 3.05) is 0 Å². The van der Waals surface area contributed by atoms with E-state index in [0.717, 1.165) is 46.2 Å². The lowest BCUT2D eigenvalue weighted by Crippen LogP contribution is -2.14. The molecule has 0 atom stereocenters. The summed E-state index contributed by atoms with van der Waals surface area (Å²) >= 11 is 7.87. The molecule has 6 nitrogen and oxygen atoms in total. The molecule has 0 radical (unpaired) electrons. The molecule has 32 heavy (non-hydrogen) atoms. The number of nitrogens with zero attached hydrogens (tertiary/aromatic N) is 5. The lowest BCUT2D eigenvalue weighted by atomic mass is 10.2. The van der Waals surface area contributed by atoms with E-state index in [4.69, 9.17) is 26.3 Å². The molecule has 0 bridgehead atoms. The van der Waals surface area contributed by atoms with E-state index in [0.29, 0.717) is 29.2 Å². The van der Waals surface area contributed by atoms with Gasteiger partial charge in [-0.1, -0.05) is 61.5 Å². The van der Waals surface area contributed by atoms with Gasteiger partial charge in [0, 0.05) is 11.8 Å². The topological polar surface area (TPSA) is 65.7 Å². The SMILES string of the molecule is CCC(CC)n1c(COc2ccccc2Cl)nnc1SCc1nc2ccccc2nc1C. The highest BCUT2D eigenvalue weighted by Gasteiger charge is 2.20. The second kappa shape index (κ2) is 10.3. The van der Waals surface area contributed by atoms with E-state index in [1.807, 2.05) is 55.5 Å². The van der Waals surface area contributed by atoms with Gasteiger partial charge in [0.15, 0.2) is 11.0 Å². The monoisotopic (exact) mass is 467 g/mol. The molecule has 2 heterocycles. The van der Waals surface area contributed by atoms with Gasteiger partial charge in [0.2, 0.25) is 0 Å². The molecule has 0 spiro atoms. The van der Waals surface area contributed by atoms with Crippen LogP contribution in [0.4, 0.5) is 0 Å². The number of ether oxygens (including phenoxy) is 1. The lowest BCUT2D eigenvalue weighted by Gasteiger charge is -2.19. The first kappa shape index (κ1) is 22.6. The highest BCUT2D eigenvalue weighted by atomic mass is 35.5. The quantitative estimate of drug-likeness (QED) is 0.265. The van der Waals surface area contributed by atoms with Crippen LogP contribution in [-0.4, -0.2) is 24.7 Å². The van der Waals surface area contributed by atoms with Crippen LogP contribution in [0.2, 0.25) is 5.02 Å². The standard InChI is InChI=1S/C24H26ClN5OS/c1-4-17(5-2)30-23(14-31-22-13-9-6-10-18(22)25)28-29-24(30)32-15-21-16(3)26-19-11-7-8-12-20(19)27-21/h6-13,17H,4-5,14-15H2,1-3H3. The van der Waals surface area contributed by atoms with Crippen LogP contribution in [0.3, 0.4) is 0 Å². The molecular formula is C24H26ClN5OS. The van der Waals surface area contributed by atoms with Crippen LogP contribution in [0.5, 0.6) is 5.75 Å². The average Bonchev–Trinajstić information content (AvgIpc) is 3.20. The summed E-state index contributed by atoms with van der Waals surface area (Å²) in [5.41, 5.74) is 3.72. The Bertz CT molecular complexity index is 1210. The van der Waals surface area contributed by atoms with Gasteiger partial charge in [-0.05, 0) is 44.0 Å². The van der Waals surface area contributed by atoms with Gasteiger partial charge in [-0.25, -0.2) is 9.97 Å². The Labute approximate surface area is 197 Å². The molecule has 0 fully saturated rings. The van der Waals surface area contributed by atoms with Crippen LogP contribution in [0, 0.1) is 6.92 Å².